The molecule has 9 heteroatoms. The van der Waals surface area contributed by atoms with E-state index in [1.54, 1.807) is 29.2 Å². The Morgan fingerprint density at radius 3 is 2.79 bits per heavy atom. The number of nitrogens with zero attached hydrogens (tertiary/aromatic N) is 3. The molecule has 0 atom stereocenters. The van der Waals surface area contributed by atoms with Crippen molar-refractivity contribution in [2.45, 2.75) is 26.6 Å². The van der Waals surface area contributed by atoms with E-state index in [1.807, 2.05) is 55.5 Å². The van der Waals surface area contributed by atoms with Gasteiger partial charge in [0, 0.05) is 36.7 Å². The first kappa shape index (κ1) is 26.9. The van der Waals surface area contributed by atoms with Gasteiger partial charge in [-0.3, -0.25) is 9.48 Å². The molecule has 1 aromatic heterocycles. The largest absolute Gasteiger partial charge is 0.489 e. The molecular formula is C25H31IN6O2. The topological polar surface area (TPSA) is 92.6 Å². The first-order valence-corrected chi connectivity index (χ1v) is 10.9. The van der Waals surface area contributed by atoms with Crippen LogP contribution in [-0.2, 0) is 24.4 Å². The average Bonchev–Trinajstić information content (AvgIpc) is 3.33. The van der Waals surface area contributed by atoms with Gasteiger partial charge in [0.05, 0.1) is 6.54 Å². The molecule has 3 aromatic rings. The summed E-state index contributed by atoms with van der Waals surface area (Å²) in [5.41, 5.74) is 2.75. The van der Waals surface area contributed by atoms with Crippen molar-refractivity contribution in [1.29, 1.82) is 0 Å². The molecule has 0 aliphatic carbocycles. The van der Waals surface area contributed by atoms with Crippen LogP contribution in [0.3, 0.4) is 0 Å². The number of hydrogen-bond donors (Lipinski definition) is 3. The van der Waals surface area contributed by atoms with Gasteiger partial charge in [-0.15, -0.1) is 24.0 Å². The van der Waals surface area contributed by atoms with E-state index in [0.29, 0.717) is 25.7 Å². The number of aliphatic imine (C=N–C) groups is 1. The van der Waals surface area contributed by atoms with Gasteiger partial charge in [0.25, 0.3) is 0 Å². The van der Waals surface area contributed by atoms with Crippen molar-refractivity contribution in [2.24, 2.45) is 4.99 Å². The summed E-state index contributed by atoms with van der Waals surface area (Å²) in [6.45, 7) is 8.12. The zero-order chi connectivity index (χ0) is 23.3. The second kappa shape index (κ2) is 14.7. The van der Waals surface area contributed by atoms with E-state index in [4.69, 9.17) is 4.74 Å². The molecule has 34 heavy (non-hydrogen) atoms. The van der Waals surface area contributed by atoms with E-state index in [9.17, 15) is 4.79 Å². The fraction of sp³-hybridized carbons (Fsp3) is 0.240. The molecule has 8 nitrogen and oxygen atoms in total. The van der Waals surface area contributed by atoms with E-state index in [2.05, 4.69) is 32.6 Å². The SMILES string of the molecule is C=CCOc1ccccc1CNC(=NCc1cccc(NC(=O)Cn2cccn2)c1)NCC.I. The van der Waals surface area contributed by atoms with Gasteiger partial charge < -0.3 is 20.7 Å². The third kappa shape index (κ3) is 8.89. The molecule has 0 fully saturated rings. The van der Waals surface area contributed by atoms with Gasteiger partial charge in [-0.2, -0.15) is 5.10 Å². The number of para-hydroxylation sites is 1. The zero-order valence-corrected chi connectivity index (χ0v) is 21.6. The number of anilines is 1. The summed E-state index contributed by atoms with van der Waals surface area (Å²) in [6, 6.07) is 17.3. The summed E-state index contributed by atoms with van der Waals surface area (Å²) in [4.78, 5) is 16.9. The minimum atomic E-state index is -0.133. The first-order valence-electron chi connectivity index (χ1n) is 10.9. The van der Waals surface area contributed by atoms with Gasteiger partial charge in [-0.1, -0.05) is 43.0 Å². The lowest BCUT2D eigenvalue weighted by molar-refractivity contribution is -0.116. The van der Waals surface area contributed by atoms with Crippen LogP contribution in [0.1, 0.15) is 18.1 Å². The maximum atomic E-state index is 12.2. The van der Waals surface area contributed by atoms with Crippen molar-refractivity contribution < 1.29 is 9.53 Å². The van der Waals surface area contributed by atoms with Crippen molar-refractivity contribution in [3.05, 3.63) is 90.8 Å². The second-order valence-electron chi connectivity index (χ2n) is 7.21. The third-order valence-corrected chi connectivity index (χ3v) is 4.62. The molecule has 0 saturated heterocycles. The Hall–Kier alpha value is -3.34. The zero-order valence-electron chi connectivity index (χ0n) is 19.2. The lowest BCUT2D eigenvalue weighted by atomic mass is 10.2. The highest BCUT2D eigenvalue weighted by atomic mass is 127. The third-order valence-electron chi connectivity index (χ3n) is 4.62. The lowest BCUT2D eigenvalue weighted by Crippen LogP contribution is -2.36. The van der Waals surface area contributed by atoms with Crippen molar-refractivity contribution in [1.82, 2.24) is 20.4 Å². The Morgan fingerprint density at radius 2 is 2.03 bits per heavy atom. The van der Waals surface area contributed by atoms with Gasteiger partial charge in [-0.05, 0) is 36.8 Å². The standard InChI is InChI=1S/C25H30N6O2.HI/c1-3-15-33-23-12-6-5-10-21(23)18-28-25(26-4-2)27-17-20-9-7-11-22(16-20)30-24(32)19-31-14-8-13-29-31;/h3,5-14,16H,1,4,15,17-19H2,2H3,(H,30,32)(H2,26,27,28);1H. The quantitative estimate of drug-likeness (QED) is 0.140. The molecule has 0 aliphatic rings. The molecule has 0 unspecified atom stereocenters. The number of benzene rings is 2. The highest BCUT2D eigenvalue weighted by molar-refractivity contribution is 14.0. The van der Waals surface area contributed by atoms with Gasteiger partial charge in [-0.25, -0.2) is 4.99 Å². The highest BCUT2D eigenvalue weighted by Crippen LogP contribution is 2.17. The molecule has 0 spiro atoms. The number of ether oxygens (including phenoxy) is 1. The molecule has 0 saturated carbocycles. The van der Waals surface area contributed by atoms with Crippen LogP contribution < -0.4 is 20.7 Å². The Bertz CT molecular complexity index is 1070. The molecule has 1 amide bonds. The molecule has 0 bridgehead atoms. The van der Waals surface area contributed by atoms with E-state index < -0.39 is 0 Å². The molecule has 0 aliphatic heterocycles. The number of rotatable bonds is 11. The van der Waals surface area contributed by atoms with Crippen molar-refractivity contribution >= 4 is 41.5 Å². The Kier molecular flexibility index (Phi) is 11.7. The minimum absolute atomic E-state index is 0. The van der Waals surface area contributed by atoms with Crippen molar-refractivity contribution in [2.75, 3.05) is 18.5 Å². The van der Waals surface area contributed by atoms with E-state index >= 15 is 0 Å². The van der Waals surface area contributed by atoms with Crippen LogP contribution in [0.4, 0.5) is 5.69 Å². The molecule has 0 radical (unpaired) electrons. The summed E-state index contributed by atoms with van der Waals surface area (Å²) in [5.74, 6) is 1.38. The van der Waals surface area contributed by atoms with Gasteiger partial charge in [0.2, 0.25) is 5.91 Å². The molecule has 3 N–H and O–H groups in total. The van der Waals surface area contributed by atoms with Gasteiger partial charge in [0.15, 0.2) is 5.96 Å². The van der Waals surface area contributed by atoms with Crippen molar-refractivity contribution in [3.8, 4) is 5.75 Å². The van der Waals surface area contributed by atoms with Gasteiger partial charge in [0.1, 0.15) is 18.9 Å². The summed E-state index contributed by atoms with van der Waals surface area (Å²) in [5, 5.41) is 13.6. The first-order chi connectivity index (χ1) is 16.2. The summed E-state index contributed by atoms with van der Waals surface area (Å²) < 4.78 is 7.31. The maximum absolute atomic E-state index is 12.2. The van der Waals surface area contributed by atoms with Crippen LogP contribution in [-0.4, -0.2) is 34.8 Å². The van der Waals surface area contributed by atoms with Crippen LogP contribution >= 0.6 is 24.0 Å². The number of carbonyl (C=O) groups is 1. The van der Waals surface area contributed by atoms with E-state index in [1.165, 1.54) is 0 Å². The fourth-order valence-corrected chi connectivity index (χ4v) is 3.12. The molecule has 1 heterocycles. The molecule has 180 valence electrons. The number of amides is 1. The van der Waals surface area contributed by atoms with Crippen LogP contribution in [0.25, 0.3) is 0 Å². The predicted molar refractivity (Wildman–Crippen MR) is 147 cm³/mol. The monoisotopic (exact) mass is 574 g/mol. The number of hydrogen-bond acceptors (Lipinski definition) is 4. The molecular weight excluding hydrogens is 543 g/mol. The second-order valence-corrected chi connectivity index (χ2v) is 7.21. The normalized spacial score (nSPS) is 10.7. The summed E-state index contributed by atoms with van der Waals surface area (Å²) in [7, 11) is 0. The number of carbonyl (C=O) groups excluding carboxylic acids is 1. The van der Waals surface area contributed by atoms with Crippen LogP contribution in [0.5, 0.6) is 5.75 Å². The molecule has 3 rings (SSSR count). The minimum Gasteiger partial charge on any atom is -0.489 e. The van der Waals surface area contributed by atoms with Gasteiger partial charge >= 0.3 is 0 Å². The number of aromatic nitrogens is 2. The van der Waals surface area contributed by atoms with Crippen LogP contribution in [0.2, 0.25) is 0 Å². The van der Waals surface area contributed by atoms with E-state index in [0.717, 1.165) is 29.1 Å². The van der Waals surface area contributed by atoms with Crippen LogP contribution in [0, 0.1) is 0 Å². The van der Waals surface area contributed by atoms with E-state index in [-0.39, 0.29) is 36.4 Å². The Labute approximate surface area is 217 Å². The Morgan fingerprint density at radius 1 is 1.18 bits per heavy atom. The lowest BCUT2D eigenvalue weighted by Gasteiger charge is -2.14. The predicted octanol–water partition coefficient (Wildman–Crippen LogP) is 3.96. The summed E-state index contributed by atoms with van der Waals surface area (Å²) in [6.07, 6.45) is 5.13. The van der Waals surface area contributed by atoms with Crippen LogP contribution in [0.15, 0.2) is 84.6 Å². The molecule has 2 aromatic carbocycles. The fourth-order valence-electron chi connectivity index (χ4n) is 3.12. The maximum Gasteiger partial charge on any atom is 0.246 e. The highest BCUT2D eigenvalue weighted by Gasteiger charge is 2.06. The average molecular weight is 574 g/mol. The van der Waals surface area contributed by atoms with Crippen molar-refractivity contribution in [3.63, 3.8) is 0 Å². The summed E-state index contributed by atoms with van der Waals surface area (Å²) >= 11 is 0. The smallest absolute Gasteiger partial charge is 0.246 e. The number of guanidine groups is 1. The number of nitrogens with one attached hydrogen (secondary N) is 3. The Balaban J connectivity index is 0.00000408. The number of halogens is 1.